The third-order valence-corrected chi connectivity index (χ3v) is 6.65. The highest BCUT2D eigenvalue weighted by molar-refractivity contribution is 6.48. The first-order valence-corrected chi connectivity index (χ1v) is 12.0. The Labute approximate surface area is 213 Å². The second-order valence-corrected chi connectivity index (χ2v) is 9.41. The molecule has 4 N–H and O–H groups in total. The van der Waals surface area contributed by atoms with Crippen molar-refractivity contribution < 1.29 is 9.53 Å². The molecule has 4 rings (SSSR count). The van der Waals surface area contributed by atoms with Crippen LogP contribution in [0.15, 0.2) is 43.0 Å². The van der Waals surface area contributed by atoms with E-state index in [0.29, 0.717) is 33.1 Å². The zero-order valence-electron chi connectivity index (χ0n) is 19.5. The molecule has 1 aliphatic heterocycles. The maximum atomic E-state index is 12.8. The van der Waals surface area contributed by atoms with E-state index >= 15 is 0 Å². The minimum Gasteiger partial charge on any atom is -0.486 e. The number of hydrogen-bond donors (Lipinski definition) is 3. The number of nitrogens with two attached hydrogens (primary N) is 1. The fourth-order valence-corrected chi connectivity index (χ4v) is 4.75. The molecule has 1 atom stereocenters. The van der Waals surface area contributed by atoms with Crippen LogP contribution in [0, 0.1) is 5.41 Å². The van der Waals surface area contributed by atoms with Crippen LogP contribution in [0.2, 0.25) is 10.0 Å². The summed E-state index contributed by atoms with van der Waals surface area (Å²) < 4.78 is 7.87. The van der Waals surface area contributed by atoms with E-state index in [1.807, 2.05) is 4.68 Å². The first-order chi connectivity index (χ1) is 16.7. The van der Waals surface area contributed by atoms with Gasteiger partial charge in [0.25, 0.3) is 5.91 Å². The van der Waals surface area contributed by atoms with Gasteiger partial charge in [-0.2, -0.15) is 5.10 Å². The average molecular weight is 516 g/mol. The highest BCUT2D eigenvalue weighted by atomic mass is 35.5. The molecular formula is C24H27Cl2N7O2. The molecule has 1 aromatic carbocycles. The van der Waals surface area contributed by atoms with Gasteiger partial charge in [0, 0.05) is 35.4 Å². The van der Waals surface area contributed by atoms with Crippen LogP contribution in [-0.4, -0.2) is 51.4 Å². The van der Waals surface area contributed by atoms with Crippen molar-refractivity contribution in [2.75, 3.05) is 31.2 Å². The number of likely N-dealkylation sites (tertiary alicyclic amines) is 1. The highest BCUT2D eigenvalue weighted by Gasteiger charge is 2.21. The SMILES string of the molecule is CC(Oc1ccc(N)c(C(=N)C(=O)Nc2cnn(C3CCN(C)CC3)c2)c1)c1c(Cl)cncc1Cl. The number of amides is 1. The lowest BCUT2D eigenvalue weighted by Crippen LogP contribution is -2.31. The van der Waals surface area contributed by atoms with Crippen LogP contribution in [0.1, 0.15) is 43.0 Å². The molecule has 1 unspecified atom stereocenters. The molecule has 3 aromatic rings. The number of halogens is 2. The van der Waals surface area contributed by atoms with Crippen LogP contribution in [0.5, 0.6) is 5.75 Å². The predicted molar refractivity (Wildman–Crippen MR) is 138 cm³/mol. The van der Waals surface area contributed by atoms with E-state index in [2.05, 4.69) is 27.3 Å². The Morgan fingerprint density at radius 2 is 1.91 bits per heavy atom. The number of piperidine rings is 1. The number of carbonyl (C=O) groups excluding carboxylic acids is 1. The maximum Gasteiger partial charge on any atom is 0.274 e. The third-order valence-electron chi connectivity index (χ3n) is 6.05. The molecule has 184 valence electrons. The molecule has 11 heteroatoms. The Bertz CT molecular complexity index is 1220. The van der Waals surface area contributed by atoms with Gasteiger partial charge in [-0.05, 0) is 58.1 Å². The minimum absolute atomic E-state index is 0.252. The number of nitrogen functional groups attached to an aromatic ring is 1. The summed E-state index contributed by atoms with van der Waals surface area (Å²) in [6, 6.07) is 5.10. The summed E-state index contributed by atoms with van der Waals surface area (Å²) in [5.41, 5.74) is 7.45. The molecule has 0 aliphatic carbocycles. The number of carbonyl (C=O) groups is 1. The van der Waals surface area contributed by atoms with Gasteiger partial charge in [-0.25, -0.2) is 0 Å². The molecular weight excluding hydrogens is 489 g/mol. The van der Waals surface area contributed by atoms with E-state index in [1.165, 1.54) is 12.4 Å². The normalized spacial score (nSPS) is 15.5. The Morgan fingerprint density at radius 3 is 2.60 bits per heavy atom. The van der Waals surface area contributed by atoms with Crippen molar-refractivity contribution in [2.45, 2.75) is 31.9 Å². The van der Waals surface area contributed by atoms with Gasteiger partial charge in [0.1, 0.15) is 17.6 Å². The van der Waals surface area contributed by atoms with Gasteiger partial charge in [0.05, 0.1) is 28.0 Å². The fraction of sp³-hybridized carbons (Fsp3) is 0.333. The summed E-state index contributed by atoms with van der Waals surface area (Å²) in [6.07, 6.45) is 7.88. The number of ether oxygens (including phenoxy) is 1. The van der Waals surface area contributed by atoms with E-state index < -0.39 is 12.0 Å². The van der Waals surface area contributed by atoms with Crippen molar-refractivity contribution in [1.29, 1.82) is 5.41 Å². The maximum absolute atomic E-state index is 12.8. The van der Waals surface area contributed by atoms with Gasteiger partial charge in [-0.1, -0.05) is 23.2 Å². The van der Waals surface area contributed by atoms with Crippen LogP contribution in [-0.2, 0) is 4.79 Å². The minimum atomic E-state index is -0.593. The van der Waals surface area contributed by atoms with Crippen LogP contribution in [0.4, 0.5) is 11.4 Å². The highest BCUT2D eigenvalue weighted by Crippen LogP contribution is 2.33. The first kappa shape index (κ1) is 25.0. The van der Waals surface area contributed by atoms with Crippen molar-refractivity contribution in [3.05, 3.63) is 64.2 Å². The van der Waals surface area contributed by atoms with E-state index in [9.17, 15) is 4.79 Å². The molecule has 1 saturated heterocycles. The predicted octanol–water partition coefficient (Wildman–Crippen LogP) is 4.58. The lowest BCUT2D eigenvalue weighted by molar-refractivity contribution is -0.110. The van der Waals surface area contributed by atoms with Crippen LogP contribution in [0.3, 0.4) is 0 Å². The summed E-state index contributed by atoms with van der Waals surface area (Å²) in [5, 5.41) is 16.3. The standard InChI is InChI=1S/C24H27Cl2N7O2/c1-14(22-19(25)11-29-12-20(22)26)35-17-3-4-21(27)18(9-17)23(28)24(34)31-15-10-30-33(13-15)16-5-7-32(2)8-6-16/h3-4,9-14,16,28H,5-8,27H2,1-2H3,(H,31,34). The van der Waals surface area contributed by atoms with Gasteiger partial charge in [-0.3, -0.25) is 19.9 Å². The quantitative estimate of drug-likeness (QED) is 0.312. The number of nitrogens with one attached hydrogen (secondary N) is 2. The summed E-state index contributed by atoms with van der Waals surface area (Å²) in [5.74, 6) is -0.177. The topological polar surface area (TPSA) is 122 Å². The zero-order chi connectivity index (χ0) is 25.1. The Balaban J connectivity index is 1.45. The molecule has 3 heterocycles. The van der Waals surface area contributed by atoms with Crippen molar-refractivity contribution in [1.82, 2.24) is 19.7 Å². The van der Waals surface area contributed by atoms with Gasteiger partial charge >= 0.3 is 0 Å². The van der Waals surface area contributed by atoms with Crippen molar-refractivity contribution in [2.24, 2.45) is 0 Å². The Morgan fingerprint density at radius 1 is 1.23 bits per heavy atom. The largest absolute Gasteiger partial charge is 0.486 e. The molecule has 0 radical (unpaired) electrons. The van der Waals surface area contributed by atoms with Crippen LogP contribution >= 0.6 is 23.2 Å². The van der Waals surface area contributed by atoms with Crippen LogP contribution < -0.4 is 15.8 Å². The van der Waals surface area contributed by atoms with Crippen LogP contribution in [0.25, 0.3) is 0 Å². The summed E-state index contributed by atoms with van der Waals surface area (Å²) in [6.45, 7) is 3.81. The van der Waals surface area contributed by atoms with Crippen molar-refractivity contribution >= 4 is 46.2 Å². The number of hydrogen-bond acceptors (Lipinski definition) is 7. The van der Waals surface area contributed by atoms with Gasteiger partial charge in [0.15, 0.2) is 0 Å². The molecule has 1 amide bonds. The number of pyridine rings is 1. The van der Waals surface area contributed by atoms with Crippen molar-refractivity contribution in [3.63, 3.8) is 0 Å². The summed E-state index contributed by atoms with van der Waals surface area (Å²) in [7, 11) is 2.10. The van der Waals surface area contributed by atoms with Gasteiger partial charge < -0.3 is 20.7 Å². The smallest absolute Gasteiger partial charge is 0.274 e. The molecule has 35 heavy (non-hydrogen) atoms. The number of benzene rings is 1. The second-order valence-electron chi connectivity index (χ2n) is 8.60. The molecule has 1 fully saturated rings. The van der Waals surface area contributed by atoms with Crippen molar-refractivity contribution in [3.8, 4) is 5.75 Å². The lowest BCUT2D eigenvalue weighted by Gasteiger charge is -2.28. The molecule has 0 spiro atoms. The monoisotopic (exact) mass is 515 g/mol. The first-order valence-electron chi connectivity index (χ1n) is 11.2. The molecule has 0 bridgehead atoms. The number of anilines is 2. The summed E-state index contributed by atoms with van der Waals surface area (Å²) in [4.78, 5) is 19.1. The summed E-state index contributed by atoms with van der Waals surface area (Å²) >= 11 is 12.5. The van der Waals surface area contributed by atoms with E-state index in [-0.39, 0.29) is 17.0 Å². The molecule has 9 nitrogen and oxygen atoms in total. The fourth-order valence-electron chi connectivity index (χ4n) is 4.08. The Hall–Kier alpha value is -3.14. The number of nitrogens with zero attached hydrogens (tertiary/aromatic N) is 4. The van der Waals surface area contributed by atoms with E-state index in [1.54, 1.807) is 37.5 Å². The Kier molecular flexibility index (Phi) is 7.59. The lowest BCUT2D eigenvalue weighted by atomic mass is 10.1. The molecule has 0 saturated carbocycles. The van der Waals surface area contributed by atoms with Gasteiger partial charge in [0.2, 0.25) is 0 Å². The third kappa shape index (κ3) is 5.75. The van der Waals surface area contributed by atoms with Gasteiger partial charge in [-0.15, -0.1) is 0 Å². The van der Waals surface area contributed by atoms with E-state index in [4.69, 9.17) is 39.1 Å². The second kappa shape index (κ2) is 10.6. The number of aromatic nitrogens is 3. The molecule has 1 aliphatic rings. The zero-order valence-corrected chi connectivity index (χ0v) is 21.0. The van der Waals surface area contributed by atoms with E-state index in [0.717, 1.165) is 25.9 Å². The molecule has 2 aromatic heterocycles. The number of rotatable bonds is 7. The average Bonchev–Trinajstić information content (AvgIpc) is 3.28.